The van der Waals surface area contributed by atoms with Crippen LogP contribution in [0.5, 0.6) is 5.75 Å². The Labute approximate surface area is 200 Å². The predicted octanol–water partition coefficient (Wildman–Crippen LogP) is 2.90. The first kappa shape index (κ1) is 22.2. The Morgan fingerprint density at radius 1 is 0.857 bits per heavy atom. The van der Waals surface area contributed by atoms with E-state index in [4.69, 9.17) is 4.74 Å². The maximum absolute atomic E-state index is 13.1. The summed E-state index contributed by atoms with van der Waals surface area (Å²) in [6, 6.07) is 19.6. The van der Waals surface area contributed by atoms with Gasteiger partial charge in [-0.3, -0.25) is 34.2 Å². The monoisotopic (exact) mass is 468 g/mol. The highest BCUT2D eigenvalue weighted by Crippen LogP contribution is 2.34. The SMILES string of the molecule is O=C1CCC(N2C(=O)c3cccc(OCc4ccc(C(=O)c5ccccc5)cc4)c3C2=O)C(=O)N1. The fourth-order valence-corrected chi connectivity index (χ4v) is 4.27. The maximum Gasteiger partial charge on any atom is 0.266 e. The molecule has 2 aliphatic heterocycles. The lowest BCUT2D eigenvalue weighted by Crippen LogP contribution is -2.54. The lowest BCUT2D eigenvalue weighted by molar-refractivity contribution is -0.136. The number of nitrogens with one attached hydrogen (secondary N) is 1. The molecule has 8 nitrogen and oxygen atoms in total. The minimum atomic E-state index is -1.04. The van der Waals surface area contributed by atoms with E-state index in [1.54, 1.807) is 60.7 Å². The molecule has 8 heteroatoms. The average molecular weight is 468 g/mol. The standard InChI is InChI=1S/C27H20N2O6/c30-22-14-13-20(25(32)28-22)29-26(33)19-7-4-8-21(23(19)27(29)34)35-15-16-9-11-18(12-10-16)24(31)17-5-2-1-3-6-17/h1-12,20H,13-15H2,(H,28,30,32). The van der Waals surface area contributed by atoms with Crippen molar-refractivity contribution in [3.05, 3.63) is 101 Å². The molecule has 1 fully saturated rings. The molecule has 0 aliphatic carbocycles. The number of nitrogens with zero attached hydrogens (tertiary/aromatic N) is 1. The topological polar surface area (TPSA) is 110 Å². The van der Waals surface area contributed by atoms with Crippen LogP contribution >= 0.6 is 0 Å². The zero-order valence-corrected chi connectivity index (χ0v) is 18.5. The van der Waals surface area contributed by atoms with Crippen molar-refractivity contribution in [1.82, 2.24) is 10.2 Å². The fourth-order valence-electron chi connectivity index (χ4n) is 4.27. The summed E-state index contributed by atoms with van der Waals surface area (Å²) in [5.41, 5.74) is 2.16. The number of carbonyl (C=O) groups is 5. The molecule has 35 heavy (non-hydrogen) atoms. The lowest BCUT2D eigenvalue weighted by atomic mass is 10.0. The highest BCUT2D eigenvalue weighted by Gasteiger charge is 2.46. The zero-order chi connectivity index (χ0) is 24.5. The maximum atomic E-state index is 13.1. The second-order valence-corrected chi connectivity index (χ2v) is 8.31. The van der Waals surface area contributed by atoms with E-state index in [0.717, 1.165) is 10.5 Å². The summed E-state index contributed by atoms with van der Waals surface area (Å²) >= 11 is 0. The van der Waals surface area contributed by atoms with E-state index in [1.165, 1.54) is 6.07 Å². The summed E-state index contributed by atoms with van der Waals surface area (Å²) in [7, 11) is 0. The van der Waals surface area contributed by atoms with Crippen molar-refractivity contribution in [3.8, 4) is 5.75 Å². The molecule has 1 N–H and O–H groups in total. The molecular formula is C27H20N2O6. The van der Waals surface area contributed by atoms with Gasteiger partial charge in [-0.2, -0.15) is 0 Å². The van der Waals surface area contributed by atoms with Crippen molar-refractivity contribution in [1.29, 1.82) is 0 Å². The van der Waals surface area contributed by atoms with Crippen molar-refractivity contribution in [3.63, 3.8) is 0 Å². The second-order valence-electron chi connectivity index (χ2n) is 8.31. The summed E-state index contributed by atoms with van der Waals surface area (Å²) in [5, 5.41) is 2.18. The lowest BCUT2D eigenvalue weighted by Gasteiger charge is -2.27. The molecule has 5 rings (SSSR count). The molecule has 3 aromatic rings. The van der Waals surface area contributed by atoms with Crippen molar-refractivity contribution in [2.24, 2.45) is 0 Å². The molecule has 1 saturated heterocycles. The van der Waals surface area contributed by atoms with Crippen LogP contribution in [0.2, 0.25) is 0 Å². The van der Waals surface area contributed by atoms with Gasteiger partial charge < -0.3 is 4.74 Å². The van der Waals surface area contributed by atoms with E-state index in [9.17, 15) is 24.0 Å². The van der Waals surface area contributed by atoms with Gasteiger partial charge in [-0.05, 0) is 24.1 Å². The number of rotatable bonds is 6. The fraction of sp³-hybridized carbons (Fsp3) is 0.148. The largest absolute Gasteiger partial charge is 0.488 e. The Morgan fingerprint density at radius 2 is 1.57 bits per heavy atom. The van der Waals surface area contributed by atoms with Gasteiger partial charge in [-0.25, -0.2) is 0 Å². The van der Waals surface area contributed by atoms with Gasteiger partial charge in [0.1, 0.15) is 18.4 Å². The molecule has 4 amide bonds. The Balaban J connectivity index is 1.32. The molecule has 0 saturated carbocycles. The highest BCUT2D eigenvalue weighted by atomic mass is 16.5. The van der Waals surface area contributed by atoms with E-state index in [0.29, 0.717) is 11.1 Å². The molecule has 1 unspecified atom stereocenters. The van der Waals surface area contributed by atoms with E-state index in [2.05, 4.69) is 5.32 Å². The van der Waals surface area contributed by atoms with Gasteiger partial charge in [0, 0.05) is 17.5 Å². The summed E-state index contributed by atoms with van der Waals surface area (Å²) in [6.07, 6.45) is 0.135. The Kier molecular flexibility index (Phi) is 5.70. The van der Waals surface area contributed by atoms with E-state index in [-0.39, 0.29) is 42.1 Å². The van der Waals surface area contributed by atoms with Crippen molar-refractivity contribution >= 4 is 29.4 Å². The van der Waals surface area contributed by atoms with Crippen LogP contribution < -0.4 is 10.1 Å². The van der Waals surface area contributed by atoms with Crippen LogP contribution in [-0.4, -0.2) is 40.4 Å². The number of ketones is 1. The van der Waals surface area contributed by atoms with Crippen LogP contribution in [0.3, 0.4) is 0 Å². The molecule has 174 valence electrons. The highest BCUT2D eigenvalue weighted by molar-refractivity contribution is 6.24. The van der Waals surface area contributed by atoms with Crippen LogP contribution in [0.15, 0.2) is 72.8 Å². The molecule has 2 aliphatic rings. The smallest absolute Gasteiger partial charge is 0.266 e. The molecule has 2 heterocycles. The number of hydrogen-bond donors (Lipinski definition) is 1. The summed E-state index contributed by atoms with van der Waals surface area (Å²) < 4.78 is 5.88. The molecule has 0 aromatic heterocycles. The van der Waals surface area contributed by atoms with Crippen molar-refractivity contribution < 1.29 is 28.7 Å². The predicted molar refractivity (Wildman–Crippen MR) is 124 cm³/mol. The number of piperidine rings is 1. The Hall–Kier alpha value is -4.59. The normalized spacial score (nSPS) is 17.3. The Morgan fingerprint density at radius 3 is 2.29 bits per heavy atom. The number of amides is 4. The van der Waals surface area contributed by atoms with Crippen LogP contribution in [0.25, 0.3) is 0 Å². The van der Waals surface area contributed by atoms with Crippen LogP contribution in [0.4, 0.5) is 0 Å². The Bertz CT molecular complexity index is 1360. The number of carbonyl (C=O) groups excluding carboxylic acids is 5. The van der Waals surface area contributed by atoms with E-state index < -0.39 is 29.7 Å². The molecule has 0 spiro atoms. The van der Waals surface area contributed by atoms with Gasteiger partial charge in [0.25, 0.3) is 11.8 Å². The minimum absolute atomic E-state index is 0.0515. The van der Waals surface area contributed by atoms with Gasteiger partial charge >= 0.3 is 0 Å². The van der Waals surface area contributed by atoms with Gasteiger partial charge in [-0.1, -0.05) is 60.7 Å². The zero-order valence-electron chi connectivity index (χ0n) is 18.5. The third kappa shape index (κ3) is 4.10. The van der Waals surface area contributed by atoms with Gasteiger partial charge in [0.05, 0.1) is 11.1 Å². The number of ether oxygens (including phenoxy) is 1. The van der Waals surface area contributed by atoms with Crippen molar-refractivity contribution in [2.45, 2.75) is 25.5 Å². The van der Waals surface area contributed by atoms with Crippen LogP contribution in [-0.2, 0) is 16.2 Å². The first-order chi connectivity index (χ1) is 16.9. The number of fused-ring (bicyclic) bond motifs is 1. The molecule has 3 aromatic carbocycles. The van der Waals surface area contributed by atoms with E-state index >= 15 is 0 Å². The second kappa shape index (κ2) is 8.98. The number of hydrogen-bond acceptors (Lipinski definition) is 6. The molecule has 1 atom stereocenters. The third-order valence-corrected chi connectivity index (χ3v) is 6.08. The van der Waals surface area contributed by atoms with E-state index in [1.807, 2.05) is 6.07 Å². The quantitative estimate of drug-likeness (QED) is 0.440. The average Bonchev–Trinajstić information content (AvgIpc) is 3.13. The molecule has 0 bridgehead atoms. The summed E-state index contributed by atoms with van der Waals surface area (Å²) in [4.78, 5) is 63.3. The molecular weight excluding hydrogens is 448 g/mol. The van der Waals surface area contributed by atoms with Gasteiger partial charge in [0.2, 0.25) is 11.8 Å². The van der Waals surface area contributed by atoms with Crippen LogP contribution in [0, 0.1) is 0 Å². The van der Waals surface area contributed by atoms with Gasteiger partial charge in [-0.15, -0.1) is 0 Å². The summed E-state index contributed by atoms with van der Waals surface area (Å²) in [6.45, 7) is 0.107. The first-order valence-electron chi connectivity index (χ1n) is 11.1. The van der Waals surface area contributed by atoms with Crippen LogP contribution in [0.1, 0.15) is 55.0 Å². The minimum Gasteiger partial charge on any atom is -0.488 e. The number of benzene rings is 3. The van der Waals surface area contributed by atoms with Crippen molar-refractivity contribution in [2.75, 3.05) is 0 Å². The first-order valence-corrected chi connectivity index (χ1v) is 11.1. The third-order valence-electron chi connectivity index (χ3n) is 6.08. The van der Waals surface area contributed by atoms with Gasteiger partial charge in [0.15, 0.2) is 5.78 Å². The molecule has 0 radical (unpaired) electrons. The summed E-state index contributed by atoms with van der Waals surface area (Å²) in [5.74, 6) is -2.17. The number of imide groups is 2.